The van der Waals surface area contributed by atoms with Gasteiger partial charge in [0.15, 0.2) is 11.5 Å². The van der Waals surface area contributed by atoms with Crippen LogP contribution < -0.4 is 0 Å². The van der Waals surface area contributed by atoms with Crippen molar-refractivity contribution in [2.75, 3.05) is 0 Å². The molecule has 0 spiro atoms. The summed E-state index contributed by atoms with van der Waals surface area (Å²) in [5.41, 5.74) is -0.0270. The number of nitrogens with zero attached hydrogens (tertiary/aromatic N) is 1. The third-order valence-electron chi connectivity index (χ3n) is 0.977. The molecule has 0 fully saturated rings. The minimum Gasteiger partial charge on any atom is -0.359 e. The number of aromatic nitrogens is 1. The van der Waals surface area contributed by atoms with Gasteiger partial charge in [0.1, 0.15) is 5.02 Å². The third kappa shape index (κ3) is 1.15. The van der Waals surface area contributed by atoms with Crippen LogP contribution in [0.25, 0.3) is 0 Å². The second-order valence-electron chi connectivity index (χ2n) is 1.68. The first-order chi connectivity index (χ1) is 4.63. The maximum atomic E-state index is 10.4. The van der Waals surface area contributed by atoms with E-state index in [0.717, 1.165) is 0 Å². The molecule has 0 aliphatic heterocycles. The van der Waals surface area contributed by atoms with E-state index in [1.165, 1.54) is 0 Å². The van der Waals surface area contributed by atoms with Gasteiger partial charge in [-0.3, -0.25) is 4.79 Å². The Morgan fingerprint density at radius 3 is 2.50 bits per heavy atom. The summed E-state index contributed by atoms with van der Waals surface area (Å²) >= 11 is 10.6. The standard InChI is InChI=1S/C5H3Cl2NO2/c1-2-3(6)4(5(7)9)8-10-2/h1H3. The average Bonchev–Trinajstić information content (AvgIpc) is 2.14. The van der Waals surface area contributed by atoms with Crippen LogP contribution in [0.3, 0.4) is 0 Å². The highest BCUT2D eigenvalue weighted by Crippen LogP contribution is 2.20. The van der Waals surface area contributed by atoms with Crippen molar-refractivity contribution in [1.82, 2.24) is 5.16 Å². The zero-order chi connectivity index (χ0) is 7.72. The van der Waals surface area contributed by atoms with Crippen molar-refractivity contribution in [2.45, 2.75) is 6.92 Å². The summed E-state index contributed by atoms with van der Waals surface area (Å²) in [6, 6.07) is 0. The summed E-state index contributed by atoms with van der Waals surface area (Å²) in [6.45, 7) is 1.60. The fraction of sp³-hybridized carbons (Fsp3) is 0.200. The van der Waals surface area contributed by atoms with Crippen LogP contribution in [0.2, 0.25) is 5.02 Å². The summed E-state index contributed by atoms with van der Waals surface area (Å²) < 4.78 is 4.57. The van der Waals surface area contributed by atoms with Gasteiger partial charge in [0.2, 0.25) is 0 Å². The van der Waals surface area contributed by atoms with E-state index in [2.05, 4.69) is 9.68 Å². The lowest BCUT2D eigenvalue weighted by molar-refractivity contribution is 0.107. The molecule has 0 aliphatic rings. The molecule has 0 radical (unpaired) electrons. The molecule has 3 nitrogen and oxygen atoms in total. The molecule has 1 rings (SSSR count). The van der Waals surface area contributed by atoms with Gasteiger partial charge in [-0.05, 0) is 18.5 Å². The number of carbonyl (C=O) groups is 1. The molecule has 0 aromatic carbocycles. The Kier molecular flexibility index (Phi) is 1.97. The lowest BCUT2D eigenvalue weighted by Gasteiger charge is -1.81. The van der Waals surface area contributed by atoms with Gasteiger partial charge < -0.3 is 4.52 Å². The van der Waals surface area contributed by atoms with Crippen molar-refractivity contribution < 1.29 is 9.32 Å². The Morgan fingerprint density at radius 2 is 2.30 bits per heavy atom. The van der Waals surface area contributed by atoms with Crippen LogP contribution in [0.1, 0.15) is 16.2 Å². The summed E-state index contributed by atoms with van der Waals surface area (Å²) in [4.78, 5) is 10.4. The molecule has 0 N–H and O–H groups in total. The summed E-state index contributed by atoms with van der Waals surface area (Å²) in [5.74, 6) is 0.394. The molecule has 0 aliphatic carbocycles. The molecule has 5 heteroatoms. The van der Waals surface area contributed by atoms with Gasteiger partial charge in [-0.2, -0.15) is 0 Å². The molecule has 0 unspecified atom stereocenters. The number of rotatable bonds is 1. The van der Waals surface area contributed by atoms with E-state index in [4.69, 9.17) is 23.2 Å². The van der Waals surface area contributed by atoms with Crippen LogP contribution in [0, 0.1) is 6.92 Å². The molecule has 1 aromatic rings. The van der Waals surface area contributed by atoms with Gasteiger partial charge in [0.25, 0.3) is 5.24 Å². The van der Waals surface area contributed by atoms with E-state index >= 15 is 0 Å². The number of carbonyl (C=O) groups excluding carboxylic acids is 1. The van der Waals surface area contributed by atoms with Crippen molar-refractivity contribution >= 4 is 28.4 Å². The fourth-order valence-corrected chi connectivity index (χ4v) is 0.815. The molecule has 0 atom stereocenters. The van der Waals surface area contributed by atoms with Crippen LogP contribution in [0.4, 0.5) is 0 Å². The molecular formula is C5H3Cl2NO2. The van der Waals surface area contributed by atoms with E-state index in [1.54, 1.807) is 6.92 Å². The second kappa shape index (κ2) is 2.60. The maximum Gasteiger partial charge on any atom is 0.275 e. The van der Waals surface area contributed by atoms with E-state index in [0.29, 0.717) is 5.76 Å². The van der Waals surface area contributed by atoms with Crippen LogP contribution in [-0.4, -0.2) is 10.4 Å². The summed E-state index contributed by atoms with van der Waals surface area (Å²) in [6.07, 6.45) is 0. The fourth-order valence-electron chi connectivity index (χ4n) is 0.483. The van der Waals surface area contributed by atoms with Gasteiger partial charge in [-0.1, -0.05) is 16.8 Å². The lowest BCUT2D eigenvalue weighted by Crippen LogP contribution is -1.88. The largest absolute Gasteiger partial charge is 0.359 e. The van der Waals surface area contributed by atoms with E-state index < -0.39 is 5.24 Å². The molecule has 1 heterocycles. The van der Waals surface area contributed by atoms with Crippen LogP contribution in [-0.2, 0) is 0 Å². The highest BCUT2D eigenvalue weighted by Gasteiger charge is 2.15. The average molecular weight is 180 g/mol. The normalized spacial score (nSPS) is 9.90. The minimum absolute atomic E-state index is 0.0270. The Morgan fingerprint density at radius 1 is 1.70 bits per heavy atom. The number of aryl methyl sites for hydroxylation is 1. The topological polar surface area (TPSA) is 43.1 Å². The van der Waals surface area contributed by atoms with Gasteiger partial charge >= 0.3 is 0 Å². The maximum absolute atomic E-state index is 10.4. The van der Waals surface area contributed by atoms with Gasteiger partial charge in [0.05, 0.1) is 0 Å². The Bertz CT molecular complexity index is 269. The predicted octanol–water partition coefficient (Wildman–Crippen LogP) is 2.02. The Balaban J connectivity index is 3.17. The first-order valence-corrected chi connectivity index (χ1v) is 3.20. The van der Waals surface area contributed by atoms with Crippen LogP contribution >= 0.6 is 23.2 Å². The zero-order valence-electron chi connectivity index (χ0n) is 5.02. The smallest absolute Gasteiger partial charge is 0.275 e. The lowest BCUT2D eigenvalue weighted by atomic mass is 10.4. The highest BCUT2D eigenvalue weighted by atomic mass is 35.5. The summed E-state index contributed by atoms with van der Waals surface area (Å²) in [5, 5.41) is 2.80. The highest BCUT2D eigenvalue weighted by molar-refractivity contribution is 6.68. The van der Waals surface area contributed by atoms with Gasteiger partial charge in [-0.25, -0.2) is 0 Å². The monoisotopic (exact) mass is 179 g/mol. The molecule has 10 heavy (non-hydrogen) atoms. The number of hydrogen-bond donors (Lipinski definition) is 0. The Labute approximate surface area is 66.9 Å². The zero-order valence-corrected chi connectivity index (χ0v) is 6.53. The molecule has 1 aromatic heterocycles. The van der Waals surface area contributed by atoms with Crippen molar-refractivity contribution in [3.8, 4) is 0 Å². The first kappa shape index (κ1) is 7.57. The van der Waals surface area contributed by atoms with Crippen LogP contribution in [0.15, 0.2) is 4.52 Å². The van der Waals surface area contributed by atoms with Gasteiger partial charge in [0, 0.05) is 0 Å². The molecule has 0 amide bonds. The molecule has 0 saturated carbocycles. The molecule has 0 bridgehead atoms. The van der Waals surface area contributed by atoms with E-state index in [9.17, 15) is 4.79 Å². The predicted molar refractivity (Wildman–Crippen MR) is 36.4 cm³/mol. The second-order valence-corrected chi connectivity index (χ2v) is 2.40. The van der Waals surface area contributed by atoms with Crippen molar-refractivity contribution in [1.29, 1.82) is 0 Å². The van der Waals surface area contributed by atoms with Crippen LogP contribution in [0.5, 0.6) is 0 Å². The number of hydrogen-bond acceptors (Lipinski definition) is 3. The molecular weight excluding hydrogens is 177 g/mol. The van der Waals surface area contributed by atoms with E-state index in [1.807, 2.05) is 0 Å². The third-order valence-corrected chi connectivity index (χ3v) is 1.60. The molecule has 54 valence electrons. The van der Waals surface area contributed by atoms with Crippen molar-refractivity contribution in [3.05, 3.63) is 16.5 Å². The van der Waals surface area contributed by atoms with E-state index in [-0.39, 0.29) is 10.7 Å². The number of halogens is 2. The van der Waals surface area contributed by atoms with Crippen molar-refractivity contribution in [3.63, 3.8) is 0 Å². The molecule has 0 saturated heterocycles. The SMILES string of the molecule is Cc1onc(C(=O)Cl)c1Cl. The first-order valence-electron chi connectivity index (χ1n) is 2.44. The van der Waals surface area contributed by atoms with Gasteiger partial charge in [-0.15, -0.1) is 0 Å². The minimum atomic E-state index is -0.707. The Hall–Kier alpha value is -0.540. The summed E-state index contributed by atoms with van der Waals surface area (Å²) in [7, 11) is 0. The quantitative estimate of drug-likeness (QED) is 0.620. The van der Waals surface area contributed by atoms with Crippen molar-refractivity contribution in [2.24, 2.45) is 0 Å².